The lowest BCUT2D eigenvalue weighted by molar-refractivity contribution is 0.0784. The molecular weight excluding hydrogens is 217 g/mol. The highest BCUT2D eigenvalue weighted by atomic mass is 31.2. The van der Waals surface area contributed by atoms with Crippen molar-refractivity contribution >= 4 is 13.7 Å². The van der Waals surface area contributed by atoms with E-state index in [0.717, 1.165) is 0 Å². The molecule has 0 saturated carbocycles. The third-order valence-electron chi connectivity index (χ3n) is 1.09. The van der Waals surface area contributed by atoms with Gasteiger partial charge in [0, 0.05) is 0 Å². The van der Waals surface area contributed by atoms with Crippen LogP contribution in [0, 0.1) is 0 Å². The molecule has 0 aromatic rings. The molecule has 15 heavy (non-hydrogen) atoms. The van der Waals surface area contributed by atoms with Gasteiger partial charge >= 0.3 is 7.82 Å². The lowest BCUT2D eigenvalue weighted by atomic mass is 10.5. The average molecular weight is 234 g/mol. The fraction of sp³-hybridized carbons (Fsp3) is 0.778. The molecule has 0 N–H and O–H groups in total. The van der Waals surface area contributed by atoms with E-state index in [-0.39, 0.29) is 18.8 Å². The van der Waals surface area contributed by atoms with Crippen LogP contribution >= 0.6 is 7.82 Å². The zero-order valence-corrected chi connectivity index (χ0v) is 10.4. The molecule has 0 spiro atoms. The van der Waals surface area contributed by atoms with E-state index in [9.17, 15) is 4.57 Å². The summed E-state index contributed by atoms with van der Waals surface area (Å²) >= 11 is 0. The van der Waals surface area contributed by atoms with Crippen LogP contribution in [0.5, 0.6) is 0 Å². The summed E-state index contributed by atoms with van der Waals surface area (Å²) in [5.41, 5.74) is 0. The number of nitrogens with zero attached hydrogens (tertiary/aromatic N) is 1. The summed E-state index contributed by atoms with van der Waals surface area (Å²) in [5.74, 6) is 1.76. The standard InChI is InChI=1S/C9H17NO4P/c1-8(2)13-15(11,14-9(3)4)12-7-5-6-10/h5,8-9H,7H2,1-4H3/q-1. The second kappa shape index (κ2) is 6.94. The Bertz CT molecular complexity index is 257. The monoisotopic (exact) mass is 234 g/mol. The van der Waals surface area contributed by atoms with Crippen LogP contribution < -0.4 is 0 Å². The normalized spacial score (nSPS) is 11.9. The van der Waals surface area contributed by atoms with Crippen molar-refractivity contribution in [2.24, 2.45) is 0 Å². The molecule has 0 aliphatic carbocycles. The van der Waals surface area contributed by atoms with Crippen LogP contribution in [0.15, 0.2) is 6.08 Å². The number of hydrogen-bond donors (Lipinski definition) is 0. The van der Waals surface area contributed by atoms with Gasteiger partial charge in [0.25, 0.3) is 0 Å². The molecular formula is C9H17NO4P-. The van der Waals surface area contributed by atoms with Crippen molar-refractivity contribution in [3.05, 3.63) is 11.5 Å². The second-order valence-corrected chi connectivity index (χ2v) is 4.96. The van der Waals surface area contributed by atoms with E-state index in [2.05, 4.69) is 0 Å². The minimum atomic E-state index is -3.54. The molecule has 0 radical (unpaired) electrons. The van der Waals surface area contributed by atoms with Gasteiger partial charge in [-0.1, -0.05) is 0 Å². The van der Waals surface area contributed by atoms with Gasteiger partial charge in [-0.3, -0.25) is 19.4 Å². The SMILES string of the molecule is CC(C)OP(=O)(OCC=C=[N-])OC(C)C. The minimum Gasteiger partial charge on any atom is -0.764 e. The first-order valence-corrected chi connectivity index (χ1v) is 6.18. The number of hydrogen-bond acceptors (Lipinski definition) is 4. The topological polar surface area (TPSA) is 67.1 Å². The Kier molecular flexibility index (Phi) is 6.73. The summed E-state index contributed by atoms with van der Waals surface area (Å²) in [6.45, 7) is 6.84. The molecule has 0 rings (SSSR count). The molecule has 0 aromatic heterocycles. The van der Waals surface area contributed by atoms with E-state index in [4.69, 9.17) is 19.0 Å². The third-order valence-corrected chi connectivity index (χ3v) is 2.91. The first-order chi connectivity index (χ1) is 6.89. The number of rotatable bonds is 7. The Labute approximate surface area is 90.5 Å². The Morgan fingerprint density at radius 1 is 1.27 bits per heavy atom. The molecule has 0 atom stereocenters. The molecule has 0 aliphatic heterocycles. The summed E-state index contributed by atoms with van der Waals surface area (Å²) in [5, 5.41) is 8.27. The molecule has 0 aliphatic rings. The average Bonchev–Trinajstić information content (AvgIpc) is 2.00. The first kappa shape index (κ1) is 14.6. The zero-order chi connectivity index (χ0) is 11.9. The minimum absolute atomic E-state index is 0.0762. The van der Waals surface area contributed by atoms with E-state index < -0.39 is 7.82 Å². The quantitative estimate of drug-likeness (QED) is 0.501. The Balaban J connectivity index is 4.40. The maximum absolute atomic E-state index is 11.9. The van der Waals surface area contributed by atoms with Crippen molar-refractivity contribution in [3.63, 3.8) is 0 Å². The lowest BCUT2D eigenvalue weighted by Gasteiger charge is -2.21. The van der Waals surface area contributed by atoms with E-state index in [1.54, 1.807) is 33.6 Å². The van der Waals surface area contributed by atoms with Crippen molar-refractivity contribution in [2.75, 3.05) is 6.61 Å². The zero-order valence-electron chi connectivity index (χ0n) is 9.47. The predicted octanol–water partition coefficient (Wildman–Crippen LogP) is 2.76. The summed E-state index contributed by atoms with van der Waals surface area (Å²) < 4.78 is 27.0. The van der Waals surface area contributed by atoms with Gasteiger partial charge in [0.1, 0.15) is 0 Å². The van der Waals surface area contributed by atoms with Crippen LogP contribution in [-0.4, -0.2) is 24.7 Å². The van der Waals surface area contributed by atoms with Crippen molar-refractivity contribution < 1.29 is 18.1 Å². The third kappa shape index (κ3) is 7.48. The number of phosphoric ester groups is 1. The van der Waals surface area contributed by atoms with Crippen LogP contribution in [0.4, 0.5) is 0 Å². The van der Waals surface area contributed by atoms with Gasteiger partial charge in [0.05, 0.1) is 18.8 Å². The van der Waals surface area contributed by atoms with Gasteiger partial charge in [-0.05, 0) is 33.8 Å². The van der Waals surface area contributed by atoms with Crippen LogP contribution in [0.2, 0.25) is 0 Å². The molecule has 0 fully saturated rings. The van der Waals surface area contributed by atoms with Gasteiger partial charge in [0.2, 0.25) is 0 Å². The van der Waals surface area contributed by atoms with Crippen molar-refractivity contribution in [1.82, 2.24) is 0 Å². The largest absolute Gasteiger partial charge is 0.764 e. The Morgan fingerprint density at radius 3 is 2.07 bits per heavy atom. The van der Waals surface area contributed by atoms with E-state index in [0.29, 0.717) is 0 Å². The fourth-order valence-corrected chi connectivity index (χ4v) is 2.23. The van der Waals surface area contributed by atoms with Gasteiger partial charge < -0.3 is 5.41 Å². The highest BCUT2D eigenvalue weighted by molar-refractivity contribution is 7.48. The highest BCUT2D eigenvalue weighted by Gasteiger charge is 2.28. The van der Waals surface area contributed by atoms with E-state index in [1.165, 1.54) is 6.08 Å². The predicted molar refractivity (Wildman–Crippen MR) is 58.9 cm³/mol. The lowest BCUT2D eigenvalue weighted by Crippen LogP contribution is -2.10. The summed E-state index contributed by atoms with van der Waals surface area (Å²) in [7, 11) is -3.54. The molecule has 0 saturated heterocycles. The summed E-state index contributed by atoms with van der Waals surface area (Å²) in [6.07, 6.45) is 0.647. The molecule has 0 bridgehead atoms. The van der Waals surface area contributed by atoms with Crippen LogP contribution in [0.3, 0.4) is 0 Å². The van der Waals surface area contributed by atoms with Crippen molar-refractivity contribution in [3.8, 4) is 0 Å². The van der Waals surface area contributed by atoms with Crippen LogP contribution in [0.1, 0.15) is 27.7 Å². The van der Waals surface area contributed by atoms with Crippen molar-refractivity contribution in [1.29, 1.82) is 0 Å². The summed E-state index contributed by atoms with van der Waals surface area (Å²) in [4.78, 5) is 0. The fourth-order valence-electron chi connectivity index (χ4n) is 0.768. The molecule has 6 heteroatoms. The van der Waals surface area contributed by atoms with Crippen LogP contribution in [-0.2, 0) is 18.1 Å². The molecule has 0 aromatic carbocycles. The van der Waals surface area contributed by atoms with Gasteiger partial charge in [-0.25, -0.2) is 4.57 Å². The Morgan fingerprint density at radius 2 is 1.73 bits per heavy atom. The maximum Gasteiger partial charge on any atom is 0.475 e. The molecule has 0 amide bonds. The van der Waals surface area contributed by atoms with Crippen molar-refractivity contribution in [2.45, 2.75) is 39.9 Å². The number of phosphoric acid groups is 1. The maximum atomic E-state index is 11.9. The van der Waals surface area contributed by atoms with Gasteiger partial charge in [-0.15, -0.1) is 0 Å². The van der Waals surface area contributed by atoms with E-state index in [1.807, 2.05) is 0 Å². The summed E-state index contributed by atoms with van der Waals surface area (Å²) in [6, 6.07) is 0. The van der Waals surface area contributed by atoms with E-state index >= 15 is 0 Å². The van der Waals surface area contributed by atoms with Gasteiger partial charge in [-0.2, -0.15) is 0 Å². The molecule has 0 heterocycles. The first-order valence-electron chi connectivity index (χ1n) is 4.72. The smallest absolute Gasteiger partial charge is 0.475 e. The molecule has 5 nitrogen and oxygen atoms in total. The van der Waals surface area contributed by atoms with Crippen LogP contribution in [0.25, 0.3) is 5.41 Å². The molecule has 88 valence electrons. The van der Waals surface area contributed by atoms with Gasteiger partial charge in [0.15, 0.2) is 0 Å². The Hall–Kier alpha value is -0.440. The second-order valence-electron chi connectivity index (χ2n) is 3.38. The molecule has 0 unspecified atom stereocenters. The highest BCUT2D eigenvalue weighted by Crippen LogP contribution is 2.51.